The molecule has 0 spiro atoms. The van der Waals surface area contributed by atoms with Gasteiger partial charge in [-0.25, -0.2) is 9.78 Å². The van der Waals surface area contributed by atoms with E-state index in [9.17, 15) is 4.79 Å². The predicted octanol–water partition coefficient (Wildman–Crippen LogP) is 2.87. The Morgan fingerprint density at radius 2 is 2.11 bits per heavy atom. The fourth-order valence-corrected chi connectivity index (χ4v) is 3.03. The van der Waals surface area contributed by atoms with Crippen molar-refractivity contribution in [1.82, 2.24) is 4.98 Å². The van der Waals surface area contributed by atoms with Crippen LogP contribution in [0.25, 0.3) is 0 Å². The summed E-state index contributed by atoms with van der Waals surface area (Å²) in [7, 11) is 0. The number of anilines is 1. The van der Waals surface area contributed by atoms with E-state index in [0.717, 1.165) is 10.9 Å². The van der Waals surface area contributed by atoms with Crippen LogP contribution >= 0.6 is 11.8 Å². The number of hydrogen-bond donors (Lipinski definition) is 2. The van der Waals surface area contributed by atoms with Gasteiger partial charge in [0.15, 0.2) is 0 Å². The zero-order chi connectivity index (χ0) is 13.0. The molecule has 0 aliphatic heterocycles. The molecule has 1 aromatic heterocycles. The lowest BCUT2D eigenvalue weighted by Gasteiger charge is -2.28. The molecule has 1 heterocycles. The Morgan fingerprint density at radius 1 is 1.39 bits per heavy atom. The fourth-order valence-electron chi connectivity index (χ4n) is 2.28. The number of rotatable bonds is 4. The van der Waals surface area contributed by atoms with E-state index < -0.39 is 5.97 Å². The number of hydrogen-bond acceptors (Lipinski definition) is 4. The maximum absolute atomic E-state index is 10.7. The van der Waals surface area contributed by atoms with Gasteiger partial charge in [0.25, 0.3) is 0 Å². The summed E-state index contributed by atoms with van der Waals surface area (Å²) in [6.07, 6.45) is 8.62. The van der Waals surface area contributed by atoms with Crippen molar-refractivity contribution in [3.63, 3.8) is 0 Å². The highest BCUT2D eigenvalue weighted by Gasteiger charge is 2.20. The number of carboxylic acid groups (broad SMARTS) is 1. The number of nitrogens with one attached hydrogen (secondary N) is 1. The second-order valence-electron chi connectivity index (χ2n) is 4.59. The number of aromatic nitrogens is 1. The molecule has 1 aliphatic carbocycles. The zero-order valence-electron chi connectivity index (χ0n) is 10.4. The van der Waals surface area contributed by atoms with Crippen LogP contribution in [-0.2, 0) is 0 Å². The van der Waals surface area contributed by atoms with Crippen molar-refractivity contribution in [3.8, 4) is 0 Å². The van der Waals surface area contributed by atoms with Crippen LogP contribution in [-0.4, -0.2) is 33.6 Å². The molecule has 1 saturated carbocycles. The van der Waals surface area contributed by atoms with Gasteiger partial charge in [-0.3, -0.25) is 0 Å². The lowest BCUT2D eigenvalue weighted by molar-refractivity contribution is 0.0690. The van der Waals surface area contributed by atoms with E-state index in [1.54, 1.807) is 12.3 Å². The van der Waals surface area contributed by atoms with Gasteiger partial charge in [0.2, 0.25) is 0 Å². The van der Waals surface area contributed by atoms with Crippen LogP contribution in [0.15, 0.2) is 18.3 Å². The number of carbonyl (C=O) groups is 1. The minimum absolute atomic E-state index is 0.0895. The average Bonchev–Trinajstić information content (AvgIpc) is 2.40. The lowest BCUT2D eigenvalue weighted by atomic mass is 9.95. The van der Waals surface area contributed by atoms with Crippen molar-refractivity contribution >= 4 is 23.4 Å². The minimum Gasteiger partial charge on any atom is -0.477 e. The van der Waals surface area contributed by atoms with Gasteiger partial charge in [0, 0.05) is 11.3 Å². The van der Waals surface area contributed by atoms with Crippen molar-refractivity contribution in [2.24, 2.45) is 0 Å². The number of thioether (sulfide) groups is 1. The van der Waals surface area contributed by atoms with Crippen LogP contribution in [0.2, 0.25) is 0 Å². The second kappa shape index (κ2) is 6.09. The van der Waals surface area contributed by atoms with Gasteiger partial charge in [-0.2, -0.15) is 11.8 Å². The van der Waals surface area contributed by atoms with Crippen LogP contribution < -0.4 is 5.32 Å². The van der Waals surface area contributed by atoms with Crippen LogP contribution in [0.3, 0.4) is 0 Å². The van der Waals surface area contributed by atoms with E-state index in [-0.39, 0.29) is 5.69 Å². The zero-order valence-corrected chi connectivity index (χ0v) is 11.2. The third-order valence-corrected chi connectivity index (χ3v) is 4.50. The summed E-state index contributed by atoms with van der Waals surface area (Å²) in [4.78, 5) is 14.6. The monoisotopic (exact) mass is 266 g/mol. The molecule has 18 heavy (non-hydrogen) atoms. The van der Waals surface area contributed by atoms with Gasteiger partial charge in [0.1, 0.15) is 5.69 Å². The van der Waals surface area contributed by atoms with Crippen LogP contribution in [0, 0.1) is 0 Å². The third-order valence-electron chi connectivity index (χ3n) is 3.36. The molecule has 2 rings (SSSR count). The Balaban J connectivity index is 1.88. The molecule has 0 bridgehead atoms. The summed E-state index contributed by atoms with van der Waals surface area (Å²) < 4.78 is 0. The molecule has 98 valence electrons. The SMILES string of the molecule is CSC1CCC(Nc2ccc(C(=O)O)nc2)CC1. The van der Waals surface area contributed by atoms with Gasteiger partial charge in [-0.1, -0.05) is 0 Å². The molecule has 1 aromatic rings. The summed E-state index contributed by atoms with van der Waals surface area (Å²) in [5, 5.41) is 13.0. The molecule has 0 atom stereocenters. The maximum atomic E-state index is 10.7. The van der Waals surface area contributed by atoms with Gasteiger partial charge in [-0.15, -0.1) is 0 Å². The van der Waals surface area contributed by atoms with Crippen LogP contribution in [0.5, 0.6) is 0 Å². The molecular formula is C13H18N2O2S. The Kier molecular flexibility index (Phi) is 4.47. The minimum atomic E-state index is -0.984. The standard InChI is InChI=1S/C13H18N2O2S/c1-18-11-5-2-9(3-6-11)15-10-4-7-12(13(16)17)14-8-10/h4,7-9,11,15H,2-3,5-6H2,1H3,(H,16,17). The highest BCUT2D eigenvalue weighted by molar-refractivity contribution is 7.99. The molecular weight excluding hydrogens is 248 g/mol. The first-order valence-corrected chi connectivity index (χ1v) is 7.46. The van der Waals surface area contributed by atoms with E-state index in [2.05, 4.69) is 16.6 Å². The molecule has 1 fully saturated rings. The van der Waals surface area contributed by atoms with E-state index in [4.69, 9.17) is 5.11 Å². The Labute approximate surface area is 111 Å². The van der Waals surface area contributed by atoms with Crippen molar-refractivity contribution in [2.75, 3.05) is 11.6 Å². The number of pyridine rings is 1. The molecule has 5 heteroatoms. The summed E-state index contributed by atoms with van der Waals surface area (Å²) in [5.74, 6) is -0.984. The van der Waals surface area contributed by atoms with Crippen molar-refractivity contribution in [2.45, 2.75) is 37.0 Å². The highest BCUT2D eigenvalue weighted by Crippen LogP contribution is 2.28. The van der Waals surface area contributed by atoms with Crippen molar-refractivity contribution in [3.05, 3.63) is 24.0 Å². The summed E-state index contributed by atoms with van der Waals surface area (Å²) in [5.41, 5.74) is 0.999. The normalized spacial score (nSPS) is 23.6. The second-order valence-corrected chi connectivity index (χ2v) is 5.73. The number of carboxylic acids is 1. The lowest BCUT2D eigenvalue weighted by Crippen LogP contribution is -2.27. The van der Waals surface area contributed by atoms with Crippen molar-refractivity contribution in [1.29, 1.82) is 0 Å². The highest BCUT2D eigenvalue weighted by atomic mass is 32.2. The van der Waals surface area contributed by atoms with E-state index in [1.165, 1.54) is 31.7 Å². The van der Waals surface area contributed by atoms with Gasteiger partial charge >= 0.3 is 5.97 Å². The summed E-state index contributed by atoms with van der Waals surface area (Å²) in [6, 6.07) is 3.82. The van der Waals surface area contributed by atoms with Crippen LogP contribution in [0.1, 0.15) is 36.2 Å². The molecule has 2 N–H and O–H groups in total. The molecule has 1 aliphatic rings. The number of nitrogens with zero attached hydrogens (tertiary/aromatic N) is 1. The van der Waals surface area contributed by atoms with Gasteiger partial charge in [-0.05, 0) is 44.1 Å². The molecule has 0 radical (unpaired) electrons. The first-order valence-electron chi connectivity index (χ1n) is 6.17. The Hall–Kier alpha value is -1.23. The first kappa shape index (κ1) is 13.2. The molecule has 0 saturated heterocycles. The molecule has 0 unspecified atom stereocenters. The summed E-state index contributed by atoms with van der Waals surface area (Å²) >= 11 is 1.95. The molecule has 0 amide bonds. The Morgan fingerprint density at radius 3 is 2.61 bits per heavy atom. The van der Waals surface area contributed by atoms with E-state index in [1.807, 2.05) is 11.8 Å². The smallest absolute Gasteiger partial charge is 0.354 e. The quantitative estimate of drug-likeness (QED) is 0.877. The molecule has 4 nitrogen and oxygen atoms in total. The molecule has 0 aromatic carbocycles. The van der Waals surface area contributed by atoms with Crippen molar-refractivity contribution < 1.29 is 9.90 Å². The first-order chi connectivity index (χ1) is 8.69. The van der Waals surface area contributed by atoms with Gasteiger partial charge in [0.05, 0.1) is 11.9 Å². The van der Waals surface area contributed by atoms with Crippen LogP contribution in [0.4, 0.5) is 5.69 Å². The third kappa shape index (κ3) is 3.38. The summed E-state index contributed by atoms with van der Waals surface area (Å²) in [6.45, 7) is 0. The average molecular weight is 266 g/mol. The van der Waals surface area contributed by atoms with E-state index in [0.29, 0.717) is 6.04 Å². The maximum Gasteiger partial charge on any atom is 0.354 e. The Bertz CT molecular complexity index is 400. The van der Waals surface area contributed by atoms with Gasteiger partial charge < -0.3 is 10.4 Å². The fraction of sp³-hybridized carbons (Fsp3) is 0.538. The van der Waals surface area contributed by atoms with E-state index >= 15 is 0 Å². The number of aromatic carboxylic acids is 1. The topological polar surface area (TPSA) is 62.2 Å². The predicted molar refractivity (Wildman–Crippen MR) is 74.4 cm³/mol. The largest absolute Gasteiger partial charge is 0.477 e.